The highest BCUT2D eigenvalue weighted by Gasteiger charge is 2.12. The fourth-order valence-corrected chi connectivity index (χ4v) is 2.92. The number of aromatic nitrogens is 1. The van der Waals surface area contributed by atoms with E-state index in [0.29, 0.717) is 0 Å². The van der Waals surface area contributed by atoms with Crippen molar-refractivity contribution in [2.75, 3.05) is 19.0 Å². The van der Waals surface area contributed by atoms with Crippen LogP contribution in [-0.4, -0.2) is 14.1 Å². The Hall–Kier alpha value is -2.61. The molecule has 1 aromatic heterocycles. The van der Waals surface area contributed by atoms with E-state index in [2.05, 4.69) is 104 Å². The molecule has 0 atom stereocenters. The second-order valence-corrected chi connectivity index (χ2v) is 6.15. The molecule has 3 aromatic rings. The third-order valence-corrected chi connectivity index (χ3v) is 4.28. The highest BCUT2D eigenvalue weighted by molar-refractivity contribution is 5.78. The first-order valence-electron chi connectivity index (χ1n) is 7.90. The molecule has 0 saturated carbocycles. The van der Waals surface area contributed by atoms with Gasteiger partial charge in [0.25, 0.3) is 0 Å². The van der Waals surface area contributed by atoms with E-state index in [1.807, 2.05) is 0 Å². The van der Waals surface area contributed by atoms with E-state index in [-0.39, 0.29) is 0 Å². The third-order valence-electron chi connectivity index (χ3n) is 4.28. The first-order valence-corrected chi connectivity index (χ1v) is 7.90. The van der Waals surface area contributed by atoms with Gasteiger partial charge in [0, 0.05) is 42.9 Å². The van der Waals surface area contributed by atoms with E-state index < -0.39 is 0 Å². The molecule has 0 N–H and O–H groups in total. The predicted octanol–water partition coefficient (Wildman–Crippen LogP) is 4.21. The van der Waals surface area contributed by atoms with E-state index in [4.69, 9.17) is 0 Å². The van der Waals surface area contributed by atoms with E-state index in [1.165, 1.54) is 33.4 Å². The summed E-state index contributed by atoms with van der Waals surface area (Å²) in [5.74, 6) is 0. The summed E-state index contributed by atoms with van der Waals surface area (Å²) >= 11 is 0. The summed E-state index contributed by atoms with van der Waals surface area (Å²) in [6.45, 7) is 2.17. The lowest BCUT2D eigenvalue weighted by Gasteiger charge is -2.11. The van der Waals surface area contributed by atoms with Crippen molar-refractivity contribution >= 4 is 28.7 Å². The highest BCUT2D eigenvalue weighted by atomic mass is 15.1. The van der Waals surface area contributed by atoms with E-state index in [1.54, 1.807) is 0 Å². The molecule has 0 saturated heterocycles. The van der Waals surface area contributed by atoms with Crippen LogP contribution in [0.25, 0.3) is 23.1 Å². The Kier molecular flexibility index (Phi) is 4.16. The molecule has 0 aliphatic heterocycles. The molecule has 0 radical (unpaired) electrons. The maximum atomic E-state index is 2.26. The van der Waals surface area contributed by atoms with Crippen molar-refractivity contribution < 1.29 is 4.57 Å². The fourth-order valence-electron chi connectivity index (χ4n) is 2.92. The zero-order valence-electron chi connectivity index (χ0n) is 14.2. The second-order valence-electron chi connectivity index (χ2n) is 6.15. The smallest absolute Gasteiger partial charge is 0.212 e. The van der Waals surface area contributed by atoms with Crippen LogP contribution in [-0.2, 0) is 7.05 Å². The van der Waals surface area contributed by atoms with Crippen LogP contribution in [0, 0.1) is 6.92 Å². The molecule has 0 spiro atoms. The summed E-state index contributed by atoms with van der Waals surface area (Å²) < 4.78 is 2.26. The third kappa shape index (κ3) is 3.11. The van der Waals surface area contributed by atoms with Crippen molar-refractivity contribution in [3.63, 3.8) is 0 Å². The molecule has 2 heteroatoms. The lowest BCUT2D eigenvalue weighted by atomic mass is 10.1. The zero-order chi connectivity index (χ0) is 16.4. The number of pyridine rings is 1. The van der Waals surface area contributed by atoms with Crippen molar-refractivity contribution in [1.82, 2.24) is 0 Å². The Labute approximate surface area is 138 Å². The molecule has 0 fully saturated rings. The SMILES string of the molecule is Cc1cc2ccccc2[n+](C)c1C=Cc1ccc(N(C)C)cc1. The number of fused-ring (bicyclic) bond motifs is 1. The summed E-state index contributed by atoms with van der Waals surface area (Å²) in [4.78, 5) is 2.11. The monoisotopic (exact) mass is 303 g/mol. The van der Waals surface area contributed by atoms with Crippen LogP contribution in [0.5, 0.6) is 0 Å². The molecule has 116 valence electrons. The van der Waals surface area contributed by atoms with Crippen LogP contribution in [0.1, 0.15) is 16.8 Å². The van der Waals surface area contributed by atoms with Crippen LogP contribution in [0.2, 0.25) is 0 Å². The van der Waals surface area contributed by atoms with E-state index in [9.17, 15) is 0 Å². The van der Waals surface area contributed by atoms with Gasteiger partial charge in [-0.1, -0.05) is 24.3 Å². The maximum absolute atomic E-state index is 2.26. The number of benzene rings is 2. The van der Waals surface area contributed by atoms with Crippen molar-refractivity contribution in [2.24, 2.45) is 7.05 Å². The Morgan fingerprint density at radius 1 is 0.913 bits per heavy atom. The van der Waals surface area contributed by atoms with E-state index in [0.717, 1.165) is 0 Å². The normalized spacial score (nSPS) is 11.3. The lowest BCUT2D eigenvalue weighted by Crippen LogP contribution is -2.33. The van der Waals surface area contributed by atoms with Crippen LogP contribution in [0.4, 0.5) is 5.69 Å². The van der Waals surface area contributed by atoms with Crippen molar-refractivity contribution in [3.8, 4) is 0 Å². The van der Waals surface area contributed by atoms with Crippen molar-refractivity contribution in [1.29, 1.82) is 0 Å². The minimum Gasteiger partial charge on any atom is -0.378 e. The Bertz CT molecular complexity index is 859. The van der Waals surface area contributed by atoms with Gasteiger partial charge in [-0.15, -0.1) is 0 Å². The number of nitrogens with zero attached hydrogens (tertiary/aromatic N) is 2. The molecule has 3 rings (SSSR count). The highest BCUT2D eigenvalue weighted by Crippen LogP contribution is 2.17. The summed E-state index contributed by atoms with van der Waals surface area (Å²) in [5, 5.41) is 1.28. The van der Waals surface area contributed by atoms with Gasteiger partial charge in [0.1, 0.15) is 7.05 Å². The molecular weight excluding hydrogens is 280 g/mol. The minimum absolute atomic E-state index is 1.21. The molecule has 1 heterocycles. The summed E-state index contributed by atoms with van der Waals surface area (Å²) in [6, 6.07) is 19.4. The maximum Gasteiger partial charge on any atom is 0.212 e. The second kappa shape index (κ2) is 6.25. The summed E-state index contributed by atoms with van der Waals surface area (Å²) in [6.07, 6.45) is 4.38. The van der Waals surface area contributed by atoms with Crippen LogP contribution in [0.3, 0.4) is 0 Å². The number of hydrogen-bond acceptors (Lipinski definition) is 1. The van der Waals surface area contributed by atoms with Gasteiger partial charge in [0.2, 0.25) is 11.2 Å². The molecule has 2 nitrogen and oxygen atoms in total. The number of hydrogen-bond donors (Lipinski definition) is 0. The Balaban J connectivity index is 1.97. The number of para-hydroxylation sites is 1. The molecule has 0 aliphatic rings. The van der Waals surface area contributed by atoms with Crippen LogP contribution in [0.15, 0.2) is 54.6 Å². The first-order chi connectivity index (χ1) is 11.1. The fraction of sp³-hybridized carbons (Fsp3) is 0.190. The van der Waals surface area contributed by atoms with Gasteiger partial charge in [-0.05, 0) is 42.8 Å². The molecule has 0 unspecified atom stereocenters. The van der Waals surface area contributed by atoms with Crippen LogP contribution >= 0.6 is 0 Å². The standard InChI is InChI=1S/C21H23N2/c1-16-15-18-7-5-6-8-21(18)23(4)20(16)14-11-17-9-12-19(13-10-17)22(2)3/h5-15H,1-4H3/q+1. The minimum atomic E-state index is 1.21. The van der Waals surface area contributed by atoms with Gasteiger partial charge < -0.3 is 4.90 Å². The topological polar surface area (TPSA) is 7.12 Å². The van der Waals surface area contributed by atoms with Crippen molar-refractivity contribution in [2.45, 2.75) is 6.92 Å². The Morgan fingerprint density at radius 3 is 2.30 bits per heavy atom. The summed E-state index contributed by atoms with van der Waals surface area (Å²) in [5.41, 5.74) is 6.20. The number of anilines is 1. The molecule has 23 heavy (non-hydrogen) atoms. The average Bonchev–Trinajstić information content (AvgIpc) is 2.55. The van der Waals surface area contributed by atoms with Gasteiger partial charge in [-0.2, -0.15) is 4.57 Å². The molecule has 0 aliphatic carbocycles. The molecule has 0 amide bonds. The number of rotatable bonds is 3. The van der Waals surface area contributed by atoms with Gasteiger partial charge in [-0.25, -0.2) is 0 Å². The quantitative estimate of drug-likeness (QED) is 0.657. The first kappa shape index (κ1) is 15.3. The van der Waals surface area contributed by atoms with Gasteiger partial charge >= 0.3 is 0 Å². The zero-order valence-corrected chi connectivity index (χ0v) is 14.2. The van der Waals surface area contributed by atoms with Gasteiger partial charge in [0.05, 0.1) is 0 Å². The van der Waals surface area contributed by atoms with E-state index >= 15 is 0 Å². The van der Waals surface area contributed by atoms with Gasteiger partial charge in [0.15, 0.2) is 0 Å². The average molecular weight is 303 g/mol. The van der Waals surface area contributed by atoms with Crippen LogP contribution < -0.4 is 9.47 Å². The largest absolute Gasteiger partial charge is 0.378 e. The summed E-state index contributed by atoms with van der Waals surface area (Å²) in [7, 11) is 6.25. The Morgan fingerprint density at radius 2 is 1.61 bits per heavy atom. The molecule has 0 bridgehead atoms. The van der Waals surface area contributed by atoms with Gasteiger partial charge in [-0.3, -0.25) is 0 Å². The predicted molar refractivity (Wildman–Crippen MR) is 99.6 cm³/mol. The molecule has 2 aromatic carbocycles. The van der Waals surface area contributed by atoms with Crippen molar-refractivity contribution in [3.05, 3.63) is 71.4 Å². The lowest BCUT2D eigenvalue weighted by molar-refractivity contribution is -0.647. The molecular formula is C21H23N2+. The number of aryl methyl sites for hydroxylation is 2.